The molecular weight excluding hydrogens is 707 g/mol. The highest BCUT2D eigenvalue weighted by Crippen LogP contribution is 2.43. The van der Waals surface area contributed by atoms with E-state index < -0.39 is 5.97 Å². The Hall–Kier alpha value is -4.02. The smallest absolute Gasteiger partial charge is 0.303 e. The highest BCUT2D eigenvalue weighted by atomic mass is 32.1. The van der Waals surface area contributed by atoms with Gasteiger partial charge in [-0.1, -0.05) is 110 Å². The normalized spacial score (nSPS) is 13.2. The Morgan fingerprint density at radius 1 is 1.00 bits per heavy atom. The van der Waals surface area contributed by atoms with Crippen LogP contribution in [0.4, 0.5) is 11.5 Å². The minimum Gasteiger partial charge on any atom is -0.494 e. The fourth-order valence-electron chi connectivity index (χ4n) is 7.21. The van der Waals surface area contributed by atoms with Crippen LogP contribution in [0.1, 0.15) is 146 Å². The van der Waals surface area contributed by atoms with Gasteiger partial charge in [0.25, 0.3) is 0 Å². The van der Waals surface area contributed by atoms with Crippen molar-refractivity contribution in [3.05, 3.63) is 71.8 Å². The number of aliphatic carboxylic acids is 1. The summed E-state index contributed by atoms with van der Waals surface area (Å²) in [5, 5.41) is 16.5. The number of nitrogens with zero attached hydrogens (tertiary/aromatic N) is 3. The van der Waals surface area contributed by atoms with Crippen LogP contribution in [0, 0.1) is 6.92 Å². The molecule has 5 rings (SSSR count). The summed E-state index contributed by atoms with van der Waals surface area (Å²) < 4.78 is 13.7. The molecule has 4 heterocycles. The number of carboxylic acids is 1. The van der Waals surface area contributed by atoms with E-state index in [4.69, 9.17) is 24.5 Å². The number of thiophene rings is 1. The molecule has 3 aromatic heterocycles. The fourth-order valence-corrected chi connectivity index (χ4v) is 8.34. The van der Waals surface area contributed by atoms with Gasteiger partial charge in [-0.05, 0) is 63.4 Å². The second kappa shape index (κ2) is 22.5. The lowest BCUT2D eigenvalue weighted by Crippen LogP contribution is -2.33. The van der Waals surface area contributed by atoms with Crippen molar-refractivity contribution in [3.8, 4) is 0 Å². The Bertz CT molecular complexity index is 1850. The zero-order valence-corrected chi connectivity index (χ0v) is 35.0. The number of rotatable bonds is 24. The first-order valence-electron chi connectivity index (χ1n) is 20.6. The number of benzene rings is 1. The zero-order valence-electron chi connectivity index (χ0n) is 34.2. The van der Waals surface area contributed by atoms with E-state index in [0.717, 1.165) is 100 Å². The molecule has 0 fully saturated rings. The number of aryl methyl sites for hydroxylation is 1. The van der Waals surface area contributed by atoms with Gasteiger partial charge in [0.1, 0.15) is 22.7 Å². The van der Waals surface area contributed by atoms with Crippen LogP contribution in [0.2, 0.25) is 0 Å². The van der Waals surface area contributed by atoms with Crippen molar-refractivity contribution >= 4 is 55.0 Å². The number of ether oxygens (including phenoxy) is 2. The molecule has 10 heteroatoms. The predicted molar refractivity (Wildman–Crippen MR) is 231 cm³/mol. The molecule has 1 aliphatic heterocycles. The summed E-state index contributed by atoms with van der Waals surface area (Å²) in [5.74, 6) is 0.800. The molecule has 0 spiro atoms. The van der Waals surface area contributed by atoms with Crippen molar-refractivity contribution < 1.29 is 19.4 Å². The second-order valence-electron chi connectivity index (χ2n) is 15.0. The van der Waals surface area contributed by atoms with Gasteiger partial charge in [-0.25, -0.2) is 15.0 Å². The van der Waals surface area contributed by atoms with Gasteiger partial charge in [-0.3, -0.25) is 4.79 Å². The number of nitrogens with one attached hydrogen (secondary N) is 2. The third-order valence-electron chi connectivity index (χ3n) is 10.1. The van der Waals surface area contributed by atoms with E-state index >= 15 is 0 Å². The second-order valence-corrected chi connectivity index (χ2v) is 16.0. The highest BCUT2D eigenvalue weighted by Gasteiger charge is 2.32. The maximum absolute atomic E-state index is 10.6. The van der Waals surface area contributed by atoms with Crippen molar-refractivity contribution in [2.45, 2.75) is 150 Å². The number of carboxylic acid groups (broad SMARTS) is 1. The summed E-state index contributed by atoms with van der Waals surface area (Å²) >= 11 is 1.63. The van der Waals surface area contributed by atoms with Crippen molar-refractivity contribution in [2.75, 3.05) is 23.8 Å². The molecule has 0 bridgehead atoms. The molecule has 3 N–H and O–H groups in total. The number of hydrogen-bond donors (Lipinski definition) is 3. The Balaban J connectivity index is 0.00000331. The summed E-state index contributed by atoms with van der Waals surface area (Å²) in [7, 11) is 0. The van der Waals surface area contributed by atoms with Gasteiger partial charge in [-0.15, -0.1) is 11.3 Å². The number of fused-ring (bicyclic) bond motifs is 4. The topological polar surface area (TPSA) is 118 Å². The van der Waals surface area contributed by atoms with Crippen LogP contribution in [0.5, 0.6) is 0 Å². The van der Waals surface area contributed by atoms with Crippen molar-refractivity contribution in [3.63, 3.8) is 0 Å². The van der Waals surface area contributed by atoms with Crippen LogP contribution in [0.3, 0.4) is 0 Å². The van der Waals surface area contributed by atoms with Gasteiger partial charge in [0.15, 0.2) is 0 Å². The fraction of sp³-hybridized carbons (Fsp3) is 0.556. The van der Waals surface area contributed by atoms with Gasteiger partial charge >= 0.3 is 5.97 Å². The summed E-state index contributed by atoms with van der Waals surface area (Å²) in [6.07, 6.45) is 20.5. The molecule has 0 saturated carbocycles. The maximum atomic E-state index is 10.6. The van der Waals surface area contributed by atoms with E-state index in [1.807, 2.05) is 13.8 Å². The van der Waals surface area contributed by atoms with Crippen molar-refractivity contribution in [1.82, 2.24) is 15.0 Å². The van der Waals surface area contributed by atoms with Crippen molar-refractivity contribution in [2.24, 2.45) is 0 Å². The molecule has 0 unspecified atom stereocenters. The Morgan fingerprint density at radius 2 is 1.65 bits per heavy atom. The highest BCUT2D eigenvalue weighted by molar-refractivity contribution is 7.26. The summed E-state index contributed by atoms with van der Waals surface area (Å²) in [5.41, 5.74) is 7.16. The molecule has 55 heavy (non-hydrogen) atoms. The van der Waals surface area contributed by atoms with Crippen LogP contribution < -0.4 is 10.6 Å². The summed E-state index contributed by atoms with van der Waals surface area (Å²) in [4.78, 5) is 26.2. The zero-order chi connectivity index (χ0) is 39.6. The van der Waals surface area contributed by atoms with Crippen LogP contribution in [-0.4, -0.2) is 44.8 Å². The molecule has 0 saturated heterocycles. The number of carbonyl (C=O) groups is 1. The molecule has 4 aromatic rings. The third kappa shape index (κ3) is 13.0. The van der Waals surface area contributed by atoms with Gasteiger partial charge in [0, 0.05) is 41.6 Å². The first-order valence-corrected chi connectivity index (χ1v) is 21.5. The van der Waals surface area contributed by atoms with Gasteiger partial charge < -0.3 is 25.2 Å². The van der Waals surface area contributed by atoms with E-state index in [0.29, 0.717) is 25.4 Å². The lowest BCUT2D eigenvalue weighted by molar-refractivity contribution is -0.137. The average molecular weight is 772 g/mol. The van der Waals surface area contributed by atoms with Gasteiger partial charge in [0.05, 0.1) is 34.7 Å². The number of hydrogen-bond acceptors (Lipinski definition) is 9. The first kappa shape index (κ1) is 43.7. The lowest BCUT2D eigenvalue weighted by Gasteiger charge is -2.32. The van der Waals surface area contributed by atoms with Crippen LogP contribution >= 0.6 is 11.3 Å². The monoisotopic (exact) mass is 771 g/mol. The molecule has 0 radical (unpaired) electrons. The molecule has 300 valence electrons. The predicted octanol–water partition coefficient (Wildman–Crippen LogP) is 12.2. The number of unbranched alkanes of at least 4 members (excludes halogenated alkanes) is 12. The van der Waals surface area contributed by atoms with E-state index in [-0.39, 0.29) is 5.60 Å². The largest absolute Gasteiger partial charge is 0.494 e. The Kier molecular flexibility index (Phi) is 17.9. The number of pyridine rings is 1. The standard InChI is InChI=1S/C43H59N5O4S.C2H6/c1-6-44-34-22-21-32(26-30(34)2)23-24-45-41-40-39(46-29-47-41)38-37(33-28-52-43(4,5)27-35(33)48-42(38)53-40)31(3)51-25-19-17-15-13-11-9-7-8-10-12-14-16-18-20-36(49)50;1-2/h6,21-22,26,29,44H,1,3,7-20,23-25,27-28H2,2,4-5H3,(H,49,50)(H,45,46,47);1-2H3. The maximum Gasteiger partial charge on any atom is 0.303 e. The SMILES string of the molecule is C=CNc1ccc(CCNc2ncnc3c2sc2nc4c(c(C(=C)OCCCCCCCCCCCCCCCC(=O)O)c23)COC(C)(C)C4)cc1C.CC. The molecule has 0 amide bonds. The molecule has 9 nitrogen and oxygen atoms in total. The van der Waals surface area contributed by atoms with Crippen LogP contribution in [0.15, 0.2) is 43.9 Å². The summed E-state index contributed by atoms with van der Waals surface area (Å²) in [6.45, 7) is 20.4. The van der Waals surface area contributed by atoms with E-state index in [1.54, 1.807) is 23.9 Å². The number of aromatic nitrogens is 3. The van der Waals surface area contributed by atoms with Crippen molar-refractivity contribution in [1.29, 1.82) is 0 Å². The minimum absolute atomic E-state index is 0.293. The van der Waals surface area contributed by atoms with E-state index in [9.17, 15) is 4.79 Å². The molecular formula is C45H65N5O4S. The first-order chi connectivity index (χ1) is 26.7. The lowest BCUT2D eigenvalue weighted by atomic mass is 9.91. The van der Waals surface area contributed by atoms with Gasteiger partial charge in [-0.2, -0.15) is 0 Å². The third-order valence-corrected chi connectivity index (χ3v) is 11.2. The van der Waals surface area contributed by atoms with Gasteiger partial charge in [0.2, 0.25) is 0 Å². The molecule has 1 aromatic carbocycles. The van der Waals surface area contributed by atoms with Crippen LogP contribution in [0.25, 0.3) is 26.2 Å². The Labute approximate surface area is 333 Å². The quantitative estimate of drug-likeness (QED) is 0.0472. The molecule has 0 aliphatic carbocycles. The molecule has 0 atom stereocenters. The molecule has 1 aliphatic rings. The van der Waals surface area contributed by atoms with E-state index in [2.05, 4.69) is 67.7 Å². The average Bonchev–Trinajstić information content (AvgIpc) is 3.53. The summed E-state index contributed by atoms with van der Waals surface area (Å²) in [6, 6.07) is 6.45. The van der Waals surface area contributed by atoms with Crippen LogP contribution in [-0.2, 0) is 33.7 Å². The van der Waals surface area contributed by atoms with E-state index in [1.165, 1.54) is 62.5 Å². The minimum atomic E-state index is -0.680. The Morgan fingerprint density at radius 3 is 2.29 bits per heavy atom. The number of anilines is 2.